The molecular formula is C27H22F3N5O2. The smallest absolute Gasteiger partial charge is 0.491 e. The van der Waals surface area contributed by atoms with Crippen molar-refractivity contribution in [1.82, 2.24) is 4.90 Å². The van der Waals surface area contributed by atoms with Crippen LogP contribution < -0.4 is 20.1 Å². The highest BCUT2D eigenvalue weighted by molar-refractivity contribution is 5.72. The van der Waals surface area contributed by atoms with Crippen LogP contribution in [0, 0.1) is 22.7 Å². The molecule has 0 aliphatic carbocycles. The number of benzene rings is 3. The number of ether oxygens (including phenoxy) is 2. The summed E-state index contributed by atoms with van der Waals surface area (Å²) in [5.41, 5.74) is 10.2. The van der Waals surface area contributed by atoms with Gasteiger partial charge in [0.25, 0.3) is 0 Å². The third-order valence-electron chi connectivity index (χ3n) is 5.73. The first-order chi connectivity index (χ1) is 17.7. The largest absolute Gasteiger partial charge is 0.573 e. The summed E-state index contributed by atoms with van der Waals surface area (Å²) < 4.78 is 47.5. The van der Waals surface area contributed by atoms with Crippen molar-refractivity contribution < 1.29 is 22.6 Å². The summed E-state index contributed by atoms with van der Waals surface area (Å²) in [6.07, 6.45) is -2.86. The van der Waals surface area contributed by atoms with Crippen molar-refractivity contribution in [2.24, 2.45) is 5.73 Å². The number of anilines is 1. The van der Waals surface area contributed by atoms with Crippen LogP contribution in [0.2, 0.25) is 0 Å². The minimum atomic E-state index is -4.79. The van der Waals surface area contributed by atoms with Crippen LogP contribution in [0.1, 0.15) is 11.1 Å². The number of nitrogens with two attached hydrogens (primary N) is 1. The quantitative estimate of drug-likeness (QED) is 0.485. The summed E-state index contributed by atoms with van der Waals surface area (Å²) in [6.45, 7) is 0.689. The van der Waals surface area contributed by atoms with Gasteiger partial charge in [0.1, 0.15) is 18.1 Å². The summed E-state index contributed by atoms with van der Waals surface area (Å²) in [5.74, 6) is 0.0874. The molecule has 4 rings (SSSR count). The van der Waals surface area contributed by atoms with Crippen LogP contribution in [0.3, 0.4) is 0 Å². The van der Waals surface area contributed by atoms with Crippen molar-refractivity contribution >= 4 is 5.69 Å². The molecule has 1 heterocycles. The Kier molecular flexibility index (Phi) is 7.23. The molecule has 0 fully saturated rings. The van der Waals surface area contributed by atoms with Gasteiger partial charge in [0.05, 0.1) is 41.7 Å². The molecule has 188 valence electrons. The Morgan fingerprint density at radius 3 is 2.24 bits per heavy atom. The van der Waals surface area contributed by atoms with Crippen molar-refractivity contribution in [2.75, 3.05) is 25.2 Å². The van der Waals surface area contributed by atoms with E-state index in [0.717, 1.165) is 11.4 Å². The molecule has 10 heteroatoms. The number of nitrogens with zero attached hydrogens (tertiary/aromatic N) is 4. The molecule has 0 saturated heterocycles. The Bertz CT molecular complexity index is 1370. The van der Waals surface area contributed by atoms with Gasteiger partial charge in [-0.15, -0.1) is 13.2 Å². The highest BCUT2D eigenvalue weighted by atomic mass is 19.4. The molecule has 0 saturated carbocycles. The summed E-state index contributed by atoms with van der Waals surface area (Å²) in [4.78, 5) is 4.00. The number of nitriles is 2. The van der Waals surface area contributed by atoms with Crippen molar-refractivity contribution in [3.63, 3.8) is 0 Å². The normalized spacial score (nSPS) is 14.0. The molecular weight excluding hydrogens is 483 g/mol. The second-order valence-electron chi connectivity index (χ2n) is 8.33. The van der Waals surface area contributed by atoms with E-state index in [2.05, 4.69) is 16.9 Å². The second kappa shape index (κ2) is 10.5. The molecule has 2 N–H and O–H groups in total. The number of alkyl halides is 3. The van der Waals surface area contributed by atoms with Crippen molar-refractivity contribution in [1.29, 1.82) is 10.5 Å². The summed E-state index contributed by atoms with van der Waals surface area (Å²) in [5, 5.41) is 18.3. The van der Waals surface area contributed by atoms with Gasteiger partial charge in [-0.05, 0) is 60.2 Å². The molecule has 0 amide bonds. The lowest BCUT2D eigenvalue weighted by Gasteiger charge is -2.23. The minimum absolute atomic E-state index is 0.117. The van der Waals surface area contributed by atoms with Crippen LogP contribution in [-0.4, -0.2) is 37.6 Å². The molecule has 1 aliphatic heterocycles. The van der Waals surface area contributed by atoms with E-state index in [1.165, 1.54) is 24.3 Å². The topological polar surface area (TPSA) is 98.5 Å². The number of halogens is 3. The molecule has 0 radical (unpaired) electrons. The Balaban J connectivity index is 1.50. The van der Waals surface area contributed by atoms with E-state index in [1.54, 1.807) is 30.3 Å². The van der Waals surface area contributed by atoms with E-state index in [-0.39, 0.29) is 12.4 Å². The Labute approximate surface area is 212 Å². The predicted octanol–water partition coefficient (Wildman–Crippen LogP) is 4.95. The van der Waals surface area contributed by atoms with E-state index in [0.29, 0.717) is 34.7 Å². The Morgan fingerprint density at radius 1 is 0.973 bits per heavy atom. The number of hydrogen-bond acceptors (Lipinski definition) is 7. The molecule has 7 nitrogen and oxygen atoms in total. The second-order valence-corrected chi connectivity index (χ2v) is 8.33. The van der Waals surface area contributed by atoms with Gasteiger partial charge < -0.3 is 25.0 Å². The molecule has 37 heavy (non-hydrogen) atoms. The van der Waals surface area contributed by atoms with Crippen molar-refractivity contribution in [3.8, 4) is 34.8 Å². The Morgan fingerprint density at radius 2 is 1.62 bits per heavy atom. The van der Waals surface area contributed by atoms with Gasteiger partial charge >= 0.3 is 6.36 Å². The summed E-state index contributed by atoms with van der Waals surface area (Å²) in [7, 11) is 1.91. The van der Waals surface area contributed by atoms with E-state index in [9.17, 15) is 18.4 Å². The van der Waals surface area contributed by atoms with Gasteiger partial charge in [-0.2, -0.15) is 10.5 Å². The molecule has 3 aromatic rings. The average Bonchev–Trinajstić information content (AvgIpc) is 3.28. The maximum absolute atomic E-state index is 12.5. The van der Waals surface area contributed by atoms with Crippen LogP contribution >= 0.6 is 0 Å². The fraction of sp³-hybridized carbons (Fsp3) is 0.185. The van der Waals surface area contributed by atoms with Crippen molar-refractivity contribution in [2.45, 2.75) is 12.4 Å². The molecule has 1 atom stereocenters. The van der Waals surface area contributed by atoms with Gasteiger partial charge in [-0.1, -0.05) is 12.1 Å². The van der Waals surface area contributed by atoms with Crippen molar-refractivity contribution in [3.05, 3.63) is 89.8 Å². The van der Waals surface area contributed by atoms with Gasteiger partial charge in [0.2, 0.25) is 0 Å². The molecule has 0 bridgehead atoms. The summed E-state index contributed by atoms with van der Waals surface area (Å²) in [6, 6.07) is 21.1. The van der Waals surface area contributed by atoms with E-state index < -0.39 is 12.4 Å². The number of likely N-dealkylation sites (N-methyl/N-ethyl adjacent to an activating group) is 1. The monoisotopic (exact) mass is 505 g/mol. The lowest BCUT2D eigenvalue weighted by atomic mass is 10.0. The first kappa shape index (κ1) is 25.4. The zero-order valence-corrected chi connectivity index (χ0v) is 19.7. The maximum atomic E-state index is 12.5. The van der Waals surface area contributed by atoms with E-state index in [4.69, 9.17) is 15.7 Å². The van der Waals surface area contributed by atoms with Gasteiger partial charge in [0.15, 0.2) is 0 Å². The first-order valence-corrected chi connectivity index (χ1v) is 11.1. The average molecular weight is 506 g/mol. The third-order valence-corrected chi connectivity index (χ3v) is 5.73. The fourth-order valence-electron chi connectivity index (χ4n) is 3.92. The SMILES string of the molecule is CN1CN(c2ccc(C#N)cc2)C=C1C(N)COc1ccc(C#N)cc1-c1ccc(OC(F)(F)F)cc1. The van der Waals surface area contributed by atoms with Gasteiger partial charge in [-0.3, -0.25) is 0 Å². The zero-order chi connectivity index (χ0) is 26.6. The van der Waals surface area contributed by atoms with Crippen LogP contribution in [0.4, 0.5) is 18.9 Å². The molecule has 0 aromatic heterocycles. The predicted molar refractivity (Wildman–Crippen MR) is 131 cm³/mol. The third kappa shape index (κ3) is 6.13. The van der Waals surface area contributed by atoms with E-state index >= 15 is 0 Å². The van der Waals surface area contributed by atoms with Crippen LogP contribution in [0.15, 0.2) is 78.6 Å². The van der Waals surface area contributed by atoms with Gasteiger partial charge in [0, 0.05) is 24.5 Å². The number of hydrogen-bond donors (Lipinski definition) is 1. The number of rotatable bonds is 7. The van der Waals surface area contributed by atoms with E-state index in [1.807, 2.05) is 35.2 Å². The fourth-order valence-corrected chi connectivity index (χ4v) is 3.92. The Hall–Kier alpha value is -4.67. The molecule has 1 unspecified atom stereocenters. The lowest BCUT2D eigenvalue weighted by molar-refractivity contribution is -0.274. The highest BCUT2D eigenvalue weighted by Gasteiger charge is 2.31. The highest BCUT2D eigenvalue weighted by Crippen LogP contribution is 2.34. The standard InChI is InChI=1S/C27H22F3N5O2/c1-34-17-35(21-7-2-18(13-31)3-8-21)15-25(34)24(33)16-36-26-11-4-19(14-32)12-23(26)20-5-9-22(10-6-20)37-27(28,29)30/h2-12,15,24H,16-17,33H2,1H3. The maximum Gasteiger partial charge on any atom is 0.573 e. The van der Waals surface area contributed by atoms with Crippen LogP contribution in [-0.2, 0) is 0 Å². The minimum Gasteiger partial charge on any atom is -0.491 e. The molecule has 1 aliphatic rings. The first-order valence-electron chi connectivity index (χ1n) is 11.1. The van der Waals surface area contributed by atoms with Crippen LogP contribution in [0.5, 0.6) is 11.5 Å². The van der Waals surface area contributed by atoms with Gasteiger partial charge in [-0.25, -0.2) is 0 Å². The lowest BCUT2D eigenvalue weighted by Crippen LogP contribution is -2.36. The van der Waals surface area contributed by atoms with Crippen LogP contribution in [0.25, 0.3) is 11.1 Å². The molecule has 0 spiro atoms. The summed E-state index contributed by atoms with van der Waals surface area (Å²) >= 11 is 0. The molecule has 3 aromatic carbocycles. The zero-order valence-electron chi connectivity index (χ0n) is 19.7.